The molecule has 0 aliphatic heterocycles. The van der Waals surface area contributed by atoms with Crippen LogP contribution in [0.15, 0.2) is 53.5 Å². The Morgan fingerprint density at radius 1 is 1.07 bits per heavy atom. The summed E-state index contributed by atoms with van der Waals surface area (Å²) < 4.78 is 5.38. The lowest BCUT2D eigenvalue weighted by Crippen LogP contribution is -2.31. The molecule has 0 spiro atoms. The number of ether oxygens (including phenoxy) is 1. The average Bonchev–Trinajstić information content (AvgIpc) is 2.67. The van der Waals surface area contributed by atoms with Crippen molar-refractivity contribution in [2.75, 3.05) is 13.6 Å². The lowest BCUT2D eigenvalue weighted by Gasteiger charge is -2.21. The highest BCUT2D eigenvalue weighted by Gasteiger charge is 2.19. The molecule has 0 heterocycles. The number of likely N-dealkylation sites (N-methyl/N-ethyl adjacent to an activating group) is 1. The maximum atomic E-state index is 12.4. The van der Waals surface area contributed by atoms with E-state index in [4.69, 9.17) is 16.2 Å². The van der Waals surface area contributed by atoms with Crippen LogP contribution < -0.4 is 16.2 Å². The van der Waals surface area contributed by atoms with Crippen LogP contribution in [0.2, 0.25) is 0 Å². The van der Waals surface area contributed by atoms with Gasteiger partial charge in [0, 0.05) is 13.6 Å². The molecule has 7 heteroatoms. The highest BCUT2D eigenvalue weighted by Crippen LogP contribution is 2.22. The molecule has 2 rings (SSSR count). The number of nitrogens with two attached hydrogens (primary N) is 2. The van der Waals surface area contributed by atoms with Crippen molar-refractivity contribution in [3.8, 4) is 5.75 Å². The van der Waals surface area contributed by atoms with Gasteiger partial charge >= 0.3 is 5.97 Å². The van der Waals surface area contributed by atoms with E-state index in [0.29, 0.717) is 17.0 Å². The molecule has 0 saturated heterocycles. The Bertz CT molecular complexity index is 841. The number of rotatable bonds is 7. The number of aliphatic imine (C=N–C) groups is 1. The van der Waals surface area contributed by atoms with Crippen molar-refractivity contribution >= 4 is 23.5 Å². The Labute approximate surface area is 165 Å². The van der Waals surface area contributed by atoms with E-state index in [0.717, 1.165) is 18.5 Å². The SMILES string of the molecule is CCCN(C)C(=O)C(C)c1ccc(OC(=O)c2ccc(N=C(N)N)cc2)cc1. The molecule has 1 atom stereocenters. The first-order valence-electron chi connectivity index (χ1n) is 9.08. The van der Waals surface area contributed by atoms with Crippen molar-refractivity contribution < 1.29 is 14.3 Å². The van der Waals surface area contributed by atoms with Gasteiger partial charge in [0.2, 0.25) is 5.91 Å². The summed E-state index contributed by atoms with van der Waals surface area (Å²) in [5, 5.41) is 0. The zero-order valence-corrected chi connectivity index (χ0v) is 16.4. The van der Waals surface area contributed by atoms with Crippen molar-refractivity contribution in [1.29, 1.82) is 0 Å². The van der Waals surface area contributed by atoms with E-state index in [9.17, 15) is 9.59 Å². The summed E-state index contributed by atoms with van der Waals surface area (Å²) >= 11 is 0. The number of hydrogen-bond donors (Lipinski definition) is 2. The van der Waals surface area contributed by atoms with Gasteiger partial charge in [-0.3, -0.25) is 4.79 Å². The summed E-state index contributed by atoms with van der Waals surface area (Å²) in [7, 11) is 1.80. The molecule has 2 aromatic rings. The monoisotopic (exact) mass is 382 g/mol. The Balaban J connectivity index is 2.02. The van der Waals surface area contributed by atoms with E-state index in [1.54, 1.807) is 60.5 Å². The minimum absolute atomic E-state index is 0.0518. The zero-order valence-electron chi connectivity index (χ0n) is 16.4. The average molecular weight is 382 g/mol. The molecule has 0 saturated carbocycles. The maximum Gasteiger partial charge on any atom is 0.343 e. The van der Waals surface area contributed by atoms with E-state index < -0.39 is 5.97 Å². The molecule has 2 aromatic carbocycles. The van der Waals surface area contributed by atoms with E-state index in [1.165, 1.54) is 0 Å². The van der Waals surface area contributed by atoms with Gasteiger partial charge in [0.25, 0.3) is 0 Å². The van der Waals surface area contributed by atoms with Crippen LogP contribution in [0.1, 0.15) is 42.1 Å². The fraction of sp³-hybridized carbons (Fsp3) is 0.286. The standard InChI is InChI=1S/C21H26N4O3/c1-4-13-25(3)19(26)14(2)15-7-11-18(12-8-15)28-20(27)16-5-9-17(10-6-16)24-21(22)23/h5-12,14H,4,13H2,1-3H3,(H4,22,23,24). The predicted molar refractivity (Wildman–Crippen MR) is 110 cm³/mol. The van der Waals surface area contributed by atoms with Crippen LogP contribution in [-0.2, 0) is 4.79 Å². The number of amides is 1. The highest BCUT2D eigenvalue weighted by molar-refractivity contribution is 5.91. The smallest absolute Gasteiger partial charge is 0.343 e. The molecule has 0 aliphatic carbocycles. The summed E-state index contributed by atoms with van der Waals surface area (Å²) in [6.07, 6.45) is 0.913. The Morgan fingerprint density at radius 2 is 1.68 bits per heavy atom. The van der Waals surface area contributed by atoms with E-state index in [-0.39, 0.29) is 17.8 Å². The molecule has 0 bridgehead atoms. The van der Waals surface area contributed by atoms with Crippen LogP contribution in [0.3, 0.4) is 0 Å². The van der Waals surface area contributed by atoms with E-state index in [2.05, 4.69) is 4.99 Å². The third-order valence-electron chi connectivity index (χ3n) is 4.26. The van der Waals surface area contributed by atoms with Gasteiger partial charge in [-0.1, -0.05) is 19.1 Å². The minimum atomic E-state index is -0.490. The largest absolute Gasteiger partial charge is 0.423 e. The number of nitrogens with zero attached hydrogens (tertiary/aromatic N) is 2. The van der Waals surface area contributed by atoms with Gasteiger partial charge in [-0.2, -0.15) is 0 Å². The van der Waals surface area contributed by atoms with Crippen LogP contribution in [0.5, 0.6) is 5.75 Å². The predicted octanol–water partition coefficient (Wildman–Crippen LogP) is 2.78. The molecule has 7 nitrogen and oxygen atoms in total. The van der Waals surface area contributed by atoms with Gasteiger partial charge in [0.1, 0.15) is 5.75 Å². The van der Waals surface area contributed by atoms with Crippen molar-refractivity contribution in [2.45, 2.75) is 26.2 Å². The van der Waals surface area contributed by atoms with Gasteiger partial charge in [0.05, 0.1) is 17.2 Å². The molecule has 4 N–H and O–H groups in total. The van der Waals surface area contributed by atoms with Gasteiger partial charge in [-0.25, -0.2) is 9.79 Å². The molecular weight excluding hydrogens is 356 g/mol. The lowest BCUT2D eigenvalue weighted by atomic mass is 9.99. The number of carbonyl (C=O) groups is 2. The van der Waals surface area contributed by atoms with Gasteiger partial charge in [0.15, 0.2) is 5.96 Å². The third-order valence-corrected chi connectivity index (χ3v) is 4.26. The summed E-state index contributed by atoms with van der Waals surface area (Å²) in [6.45, 7) is 4.63. The molecule has 0 aromatic heterocycles. The van der Waals surface area contributed by atoms with Crippen LogP contribution >= 0.6 is 0 Å². The summed E-state index contributed by atoms with van der Waals surface area (Å²) in [5.74, 6) is -0.333. The Kier molecular flexibility index (Phi) is 7.14. The van der Waals surface area contributed by atoms with Crippen LogP contribution in [0, 0.1) is 0 Å². The van der Waals surface area contributed by atoms with E-state index in [1.807, 2.05) is 13.8 Å². The zero-order chi connectivity index (χ0) is 20.7. The second kappa shape index (κ2) is 9.55. The molecule has 0 aliphatic rings. The molecule has 0 radical (unpaired) electrons. The number of guanidine groups is 1. The maximum absolute atomic E-state index is 12.4. The van der Waals surface area contributed by atoms with E-state index >= 15 is 0 Å². The molecule has 1 amide bonds. The molecule has 148 valence electrons. The quantitative estimate of drug-likeness (QED) is 0.331. The van der Waals surface area contributed by atoms with Crippen LogP contribution in [0.4, 0.5) is 5.69 Å². The first-order valence-corrected chi connectivity index (χ1v) is 9.08. The summed E-state index contributed by atoms with van der Waals surface area (Å²) in [6, 6.07) is 13.4. The number of hydrogen-bond acceptors (Lipinski definition) is 4. The van der Waals surface area contributed by atoms with Gasteiger partial charge < -0.3 is 21.1 Å². The van der Waals surface area contributed by atoms with Gasteiger partial charge in [-0.05, 0) is 55.3 Å². The molecular formula is C21H26N4O3. The second-order valence-corrected chi connectivity index (χ2v) is 6.52. The first-order chi connectivity index (χ1) is 13.3. The normalized spacial score (nSPS) is 11.4. The summed E-state index contributed by atoms with van der Waals surface area (Å²) in [4.78, 5) is 30.3. The first kappa shape index (κ1) is 21.0. The molecule has 0 fully saturated rings. The van der Waals surface area contributed by atoms with Crippen molar-refractivity contribution in [2.24, 2.45) is 16.5 Å². The summed E-state index contributed by atoms with van der Waals surface area (Å²) in [5.41, 5.74) is 12.4. The van der Waals surface area contributed by atoms with Crippen LogP contribution in [-0.4, -0.2) is 36.3 Å². The Morgan fingerprint density at radius 3 is 2.21 bits per heavy atom. The minimum Gasteiger partial charge on any atom is -0.423 e. The van der Waals surface area contributed by atoms with Gasteiger partial charge in [-0.15, -0.1) is 0 Å². The fourth-order valence-electron chi connectivity index (χ4n) is 2.73. The lowest BCUT2D eigenvalue weighted by molar-refractivity contribution is -0.131. The second-order valence-electron chi connectivity index (χ2n) is 6.52. The topological polar surface area (TPSA) is 111 Å². The Hall–Kier alpha value is -3.35. The van der Waals surface area contributed by atoms with Crippen molar-refractivity contribution in [1.82, 2.24) is 4.90 Å². The third kappa shape index (κ3) is 5.57. The van der Waals surface area contributed by atoms with Crippen molar-refractivity contribution in [3.63, 3.8) is 0 Å². The highest BCUT2D eigenvalue weighted by atomic mass is 16.5. The van der Waals surface area contributed by atoms with Crippen molar-refractivity contribution in [3.05, 3.63) is 59.7 Å². The molecule has 28 heavy (non-hydrogen) atoms. The fourth-order valence-corrected chi connectivity index (χ4v) is 2.73. The number of esters is 1. The number of benzene rings is 2. The number of carbonyl (C=O) groups excluding carboxylic acids is 2. The van der Waals surface area contributed by atoms with Crippen LogP contribution in [0.25, 0.3) is 0 Å². The molecule has 1 unspecified atom stereocenters.